The second kappa shape index (κ2) is 6.93. The van der Waals surface area contributed by atoms with Gasteiger partial charge in [-0.3, -0.25) is 0 Å². The number of rotatable bonds is 3. The highest BCUT2D eigenvalue weighted by Gasteiger charge is 2.24. The van der Waals surface area contributed by atoms with E-state index in [9.17, 15) is 5.26 Å². The first kappa shape index (κ1) is 14.4. The molecule has 1 aromatic carbocycles. The summed E-state index contributed by atoms with van der Waals surface area (Å²) in [4.78, 5) is 0. The van der Waals surface area contributed by atoms with Gasteiger partial charge in [0, 0.05) is 17.1 Å². The van der Waals surface area contributed by atoms with Crippen molar-refractivity contribution in [3.05, 3.63) is 34.9 Å². The van der Waals surface area contributed by atoms with Crippen LogP contribution < -0.4 is 5.32 Å². The fourth-order valence-corrected chi connectivity index (χ4v) is 3.05. The zero-order chi connectivity index (χ0) is 13.7. The van der Waals surface area contributed by atoms with Crippen molar-refractivity contribution in [2.24, 2.45) is 5.92 Å². The number of nitrogens with zero attached hydrogens (tertiary/aromatic N) is 1. The third-order valence-corrected chi connectivity index (χ3v) is 4.23. The van der Waals surface area contributed by atoms with Crippen LogP contribution in [0.15, 0.2) is 24.3 Å². The number of nitriles is 1. The quantitative estimate of drug-likeness (QED) is 0.827. The van der Waals surface area contributed by atoms with Crippen molar-refractivity contribution in [2.45, 2.75) is 51.1 Å². The van der Waals surface area contributed by atoms with Gasteiger partial charge < -0.3 is 5.32 Å². The molecule has 0 aromatic heterocycles. The van der Waals surface area contributed by atoms with Gasteiger partial charge in [-0.1, -0.05) is 43.0 Å². The lowest BCUT2D eigenvalue weighted by atomic mass is 9.95. The number of halogens is 1. The SMILES string of the molecule is CC(NC1CCCCCC1C#N)c1cccc(Cl)c1. The Balaban J connectivity index is 2.04. The molecule has 0 spiro atoms. The Labute approximate surface area is 120 Å². The van der Waals surface area contributed by atoms with Crippen LogP contribution in [0.1, 0.15) is 50.6 Å². The molecule has 0 heterocycles. The van der Waals surface area contributed by atoms with Crippen molar-refractivity contribution >= 4 is 11.6 Å². The standard InChI is InChI=1S/C16H21ClN2/c1-12(13-7-5-8-15(17)10-13)19-16-9-4-2-3-6-14(16)11-18/h5,7-8,10,12,14,16,19H,2-4,6,9H2,1H3. The first-order valence-electron chi connectivity index (χ1n) is 7.12. The van der Waals surface area contributed by atoms with Crippen LogP contribution in [0.4, 0.5) is 0 Å². The Bertz CT molecular complexity index is 452. The van der Waals surface area contributed by atoms with E-state index in [4.69, 9.17) is 11.6 Å². The molecule has 1 N–H and O–H groups in total. The van der Waals surface area contributed by atoms with Gasteiger partial charge in [0.2, 0.25) is 0 Å². The van der Waals surface area contributed by atoms with Gasteiger partial charge in [0.05, 0.1) is 12.0 Å². The molecule has 1 aliphatic rings. The van der Waals surface area contributed by atoms with E-state index in [1.807, 2.05) is 18.2 Å². The second-order valence-corrected chi connectivity index (χ2v) is 5.86. The average Bonchev–Trinajstić information content (AvgIpc) is 2.63. The largest absolute Gasteiger partial charge is 0.306 e. The van der Waals surface area contributed by atoms with Crippen LogP contribution >= 0.6 is 11.6 Å². The van der Waals surface area contributed by atoms with Gasteiger partial charge in [-0.25, -0.2) is 0 Å². The summed E-state index contributed by atoms with van der Waals surface area (Å²) in [6, 6.07) is 11.0. The van der Waals surface area contributed by atoms with E-state index >= 15 is 0 Å². The topological polar surface area (TPSA) is 35.8 Å². The second-order valence-electron chi connectivity index (χ2n) is 5.42. The highest BCUT2D eigenvalue weighted by molar-refractivity contribution is 6.30. The van der Waals surface area contributed by atoms with Crippen molar-refractivity contribution in [3.63, 3.8) is 0 Å². The van der Waals surface area contributed by atoms with Crippen LogP contribution in [0.3, 0.4) is 0 Å². The van der Waals surface area contributed by atoms with Crippen LogP contribution in [0, 0.1) is 17.2 Å². The minimum Gasteiger partial charge on any atom is -0.306 e. The maximum absolute atomic E-state index is 9.30. The predicted octanol–water partition coefficient (Wildman–Crippen LogP) is 4.46. The lowest BCUT2D eigenvalue weighted by molar-refractivity contribution is 0.361. The molecule has 1 saturated carbocycles. The van der Waals surface area contributed by atoms with Crippen molar-refractivity contribution in [1.29, 1.82) is 5.26 Å². The normalized spacial score (nSPS) is 25.3. The summed E-state index contributed by atoms with van der Waals surface area (Å²) >= 11 is 6.03. The summed E-state index contributed by atoms with van der Waals surface area (Å²) in [5, 5.41) is 13.7. The fraction of sp³-hybridized carbons (Fsp3) is 0.562. The maximum atomic E-state index is 9.30. The summed E-state index contributed by atoms with van der Waals surface area (Å²) in [7, 11) is 0. The summed E-state index contributed by atoms with van der Waals surface area (Å²) in [5.74, 6) is 0.143. The molecule has 3 unspecified atom stereocenters. The van der Waals surface area contributed by atoms with Gasteiger partial charge in [0.25, 0.3) is 0 Å². The van der Waals surface area contributed by atoms with Crippen LogP contribution in [0.2, 0.25) is 5.02 Å². The minimum atomic E-state index is 0.143. The zero-order valence-electron chi connectivity index (χ0n) is 11.4. The Morgan fingerprint density at radius 1 is 1.32 bits per heavy atom. The number of hydrogen-bond acceptors (Lipinski definition) is 2. The number of nitrogens with one attached hydrogen (secondary N) is 1. The predicted molar refractivity (Wildman–Crippen MR) is 79.0 cm³/mol. The zero-order valence-corrected chi connectivity index (χ0v) is 12.2. The molecule has 3 atom stereocenters. The van der Waals surface area contributed by atoms with Crippen molar-refractivity contribution in [1.82, 2.24) is 5.32 Å². The first-order chi connectivity index (χ1) is 9.20. The van der Waals surface area contributed by atoms with E-state index in [1.165, 1.54) is 24.8 Å². The maximum Gasteiger partial charge on any atom is 0.0672 e. The summed E-state index contributed by atoms with van der Waals surface area (Å²) in [5.41, 5.74) is 1.19. The van der Waals surface area contributed by atoms with Crippen LogP contribution in [-0.4, -0.2) is 6.04 Å². The molecule has 0 saturated heterocycles. The minimum absolute atomic E-state index is 0.143. The third kappa shape index (κ3) is 3.96. The molecule has 102 valence electrons. The van der Waals surface area contributed by atoms with Gasteiger partial charge >= 0.3 is 0 Å². The smallest absolute Gasteiger partial charge is 0.0672 e. The molecule has 3 heteroatoms. The van der Waals surface area contributed by atoms with Crippen LogP contribution in [0.5, 0.6) is 0 Å². The van der Waals surface area contributed by atoms with Crippen LogP contribution in [-0.2, 0) is 0 Å². The van der Waals surface area contributed by atoms with E-state index < -0.39 is 0 Å². The van der Waals surface area contributed by atoms with Crippen molar-refractivity contribution in [3.8, 4) is 6.07 Å². The van der Waals surface area contributed by atoms with E-state index in [-0.39, 0.29) is 12.0 Å². The molecule has 0 amide bonds. The van der Waals surface area contributed by atoms with E-state index in [0.29, 0.717) is 6.04 Å². The van der Waals surface area contributed by atoms with Gasteiger partial charge in [-0.2, -0.15) is 5.26 Å². The summed E-state index contributed by atoms with van der Waals surface area (Å²) in [6.07, 6.45) is 5.78. The molecule has 2 rings (SSSR count). The lowest BCUT2D eigenvalue weighted by Gasteiger charge is -2.25. The van der Waals surface area contributed by atoms with E-state index in [1.54, 1.807) is 0 Å². The molecule has 0 radical (unpaired) electrons. The van der Waals surface area contributed by atoms with Crippen molar-refractivity contribution < 1.29 is 0 Å². The van der Waals surface area contributed by atoms with Crippen LogP contribution in [0.25, 0.3) is 0 Å². The lowest BCUT2D eigenvalue weighted by Crippen LogP contribution is -2.36. The monoisotopic (exact) mass is 276 g/mol. The number of hydrogen-bond donors (Lipinski definition) is 1. The Morgan fingerprint density at radius 3 is 2.84 bits per heavy atom. The highest BCUT2D eigenvalue weighted by atomic mass is 35.5. The highest BCUT2D eigenvalue weighted by Crippen LogP contribution is 2.26. The Kier molecular flexibility index (Phi) is 5.24. The third-order valence-electron chi connectivity index (χ3n) is 3.99. The Morgan fingerprint density at radius 2 is 2.11 bits per heavy atom. The molecular weight excluding hydrogens is 256 g/mol. The van der Waals surface area contributed by atoms with Gasteiger partial charge in [0.15, 0.2) is 0 Å². The fourth-order valence-electron chi connectivity index (χ4n) is 2.85. The summed E-state index contributed by atoms with van der Waals surface area (Å²) < 4.78 is 0. The molecule has 0 aliphatic heterocycles. The molecule has 1 aliphatic carbocycles. The average molecular weight is 277 g/mol. The molecular formula is C16H21ClN2. The molecule has 1 aromatic rings. The summed E-state index contributed by atoms with van der Waals surface area (Å²) in [6.45, 7) is 2.14. The molecule has 1 fully saturated rings. The van der Waals surface area contributed by atoms with Gasteiger partial charge in [0.1, 0.15) is 0 Å². The number of benzene rings is 1. The first-order valence-corrected chi connectivity index (χ1v) is 7.49. The van der Waals surface area contributed by atoms with Gasteiger partial charge in [-0.05, 0) is 37.5 Å². The van der Waals surface area contributed by atoms with E-state index in [0.717, 1.165) is 17.9 Å². The molecule has 19 heavy (non-hydrogen) atoms. The van der Waals surface area contributed by atoms with E-state index in [2.05, 4.69) is 24.4 Å². The molecule has 0 bridgehead atoms. The Hall–Kier alpha value is -1.04. The molecule has 2 nitrogen and oxygen atoms in total. The van der Waals surface area contributed by atoms with Crippen molar-refractivity contribution in [2.75, 3.05) is 0 Å². The van der Waals surface area contributed by atoms with Gasteiger partial charge in [-0.15, -0.1) is 0 Å².